The predicted molar refractivity (Wildman–Crippen MR) is 109 cm³/mol. The fourth-order valence-corrected chi connectivity index (χ4v) is 20.0. The van der Waals surface area contributed by atoms with E-state index in [1.54, 1.807) is 18.9 Å². The number of aliphatic imine (C=N–C) groups is 1. The van der Waals surface area contributed by atoms with Gasteiger partial charge in [-0.05, 0) is 0 Å². The molecule has 0 spiro atoms. The molecule has 0 bridgehead atoms. The summed E-state index contributed by atoms with van der Waals surface area (Å²) in [5.41, 5.74) is 2.94. The van der Waals surface area contributed by atoms with Gasteiger partial charge in [-0.15, -0.1) is 0 Å². The van der Waals surface area contributed by atoms with E-state index in [4.69, 9.17) is 0 Å². The number of hydrogen-bond acceptors (Lipinski definition) is 1. The van der Waals surface area contributed by atoms with E-state index in [1.807, 2.05) is 7.05 Å². The second-order valence-corrected chi connectivity index (χ2v) is 20.9. The molecule has 2 heteroatoms. The van der Waals surface area contributed by atoms with E-state index in [0.29, 0.717) is 0 Å². The monoisotopic (exact) mass is 423 g/mol. The van der Waals surface area contributed by atoms with Gasteiger partial charge in [0.1, 0.15) is 0 Å². The third-order valence-electron chi connectivity index (χ3n) is 5.07. The van der Waals surface area contributed by atoms with Crippen LogP contribution >= 0.6 is 0 Å². The Labute approximate surface area is 148 Å². The number of rotatable bonds is 12. The summed E-state index contributed by atoms with van der Waals surface area (Å²) in [4.78, 5) is 4.28. The molecule has 0 aliphatic rings. The van der Waals surface area contributed by atoms with Crippen molar-refractivity contribution in [2.45, 2.75) is 77.0 Å². The summed E-state index contributed by atoms with van der Waals surface area (Å²) in [6.45, 7) is 7.07. The van der Waals surface area contributed by atoms with Gasteiger partial charge in [-0.25, -0.2) is 0 Å². The van der Waals surface area contributed by atoms with Gasteiger partial charge in [-0.3, -0.25) is 0 Å². The molecule has 0 saturated heterocycles. The quantitative estimate of drug-likeness (QED) is 0.264. The molecule has 0 unspecified atom stereocenters. The zero-order valence-electron chi connectivity index (χ0n) is 15.9. The summed E-state index contributed by atoms with van der Waals surface area (Å²) in [6.07, 6.45) is 10.5. The van der Waals surface area contributed by atoms with Gasteiger partial charge in [0, 0.05) is 0 Å². The van der Waals surface area contributed by atoms with Crippen LogP contribution in [0.4, 0.5) is 0 Å². The van der Waals surface area contributed by atoms with Gasteiger partial charge in [0.05, 0.1) is 0 Å². The molecule has 0 heterocycles. The van der Waals surface area contributed by atoms with Crippen molar-refractivity contribution in [3.8, 4) is 0 Å². The van der Waals surface area contributed by atoms with Crippen LogP contribution in [0, 0.1) is 0 Å². The maximum absolute atomic E-state index is 4.28. The molecule has 1 aromatic rings. The summed E-state index contributed by atoms with van der Waals surface area (Å²) >= 11 is -2.10. The second kappa shape index (κ2) is 12.1. The number of benzene rings is 1. The first kappa shape index (κ1) is 20.7. The van der Waals surface area contributed by atoms with Gasteiger partial charge in [0.2, 0.25) is 0 Å². The fraction of sp³-hybridized carbons (Fsp3) is 0.667. The molecule has 1 nitrogen and oxygen atoms in total. The molecule has 0 radical (unpaired) electrons. The van der Waals surface area contributed by atoms with Crippen molar-refractivity contribution in [3.63, 3.8) is 0 Å². The Morgan fingerprint density at radius 3 is 1.87 bits per heavy atom. The molecule has 0 amide bonds. The molecule has 0 N–H and O–H groups in total. The van der Waals surface area contributed by atoms with Gasteiger partial charge < -0.3 is 0 Å². The molecule has 1 aromatic carbocycles. The number of nitrogens with zero attached hydrogens (tertiary/aromatic N) is 1. The van der Waals surface area contributed by atoms with Crippen molar-refractivity contribution >= 4 is 24.6 Å². The van der Waals surface area contributed by atoms with E-state index in [0.717, 1.165) is 0 Å². The van der Waals surface area contributed by atoms with Crippen LogP contribution in [0.25, 0.3) is 0 Å². The van der Waals surface area contributed by atoms with Crippen LogP contribution in [0.2, 0.25) is 13.3 Å². The van der Waals surface area contributed by atoms with Gasteiger partial charge in [-0.2, -0.15) is 0 Å². The van der Waals surface area contributed by atoms with E-state index in [9.17, 15) is 0 Å². The predicted octanol–water partition coefficient (Wildman–Crippen LogP) is 6.67. The van der Waals surface area contributed by atoms with E-state index in [2.05, 4.69) is 56.2 Å². The third-order valence-corrected chi connectivity index (χ3v) is 20.4. The first-order chi connectivity index (χ1) is 11.2. The number of unbranched alkanes of at least 4 members (excludes halogenated alkanes) is 3. The molecule has 1 rings (SSSR count). The number of hydrogen-bond donors (Lipinski definition) is 0. The molecule has 0 atom stereocenters. The Morgan fingerprint density at radius 2 is 1.39 bits per heavy atom. The van der Waals surface area contributed by atoms with E-state index < -0.39 is 18.4 Å². The topological polar surface area (TPSA) is 12.4 Å². The van der Waals surface area contributed by atoms with Gasteiger partial charge >= 0.3 is 149 Å². The fourth-order valence-electron chi connectivity index (χ4n) is 3.66. The molecular weight excluding hydrogens is 385 g/mol. The summed E-state index contributed by atoms with van der Waals surface area (Å²) in [7, 11) is 1.89. The first-order valence-corrected chi connectivity index (χ1v) is 17.8. The second-order valence-electron chi connectivity index (χ2n) is 7.07. The van der Waals surface area contributed by atoms with Crippen molar-refractivity contribution in [2.24, 2.45) is 4.99 Å². The summed E-state index contributed by atoms with van der Waals surface area (Å²) in [6, 6.07) is 8.99. The van der Waals surface area contributed by atoms with Crippen molar-refractivity contribution in [1.29, 1.82) is 0 Å². The zero-order valence-corrected chi connectivity index (χ0v) is 18.8. The maximum atomic E-state index is 4.28. The molecule has 0 saturated carbocycles. The van der Waals surface area contributed by atoms with Gasteiger partial charge in [0.25, 0.3) is 0 Å². The molecule has 23 heavy (non-hydrogen) atoms. The summed E-state index contributed by atoms with van der Waals surface area (Å²) in [5, 5.41) is 0. The van der Waals surface area contributed by atoms with Crippen LogP contribution in [-0.2, 0) is 4.44 Å². The Bertz CT molecular complexity index is 431. The Balaban J connectivity index is 3.05. The molecular formula is C21H37NSn. The van der Waals surface area contributed by atoms with E-state index >= 15 is 0 Å². The van der Waals surface area contributed by atoms with Crippen molar-refractivity contribution in [2.75, 3.05) is 7.05 Å². The van der Waals surface area contributed by atoms with Crippen LogP contribution in [0.15, 0.2) is 29.3 Å². The van der Waals surface area contributed by atoms with Crippen LogP contribution in [0.3, 0.4) is 0 Å². The van der Waals surface area contributed by atoms with E-state index in [1.165, 1.54) is 48.5 Å². The van der Waals surface area contributed by atoms with Crippen molar-refractivity contribution < 1.29 is 0 Å². The average Bonchev–Trinajstić information content (AvgIpc) is 2.58. The molecule has 0 fully saturated rings. The van der Waals surface area contributed by atoms with Crippen LogP contribution in [0.5, 0.6) is 0 Å². The Morgan fingerprint density at radius 1 is 0.870 bits per heavy atom. The van der Waals surface area contributed by atoms with E-state index in [-0.39, 0.29) is 0 Å². The van der Waals surface area contributed by atoms with Crippen LogP contribution in [-0.4, -0.2) is 31.6 Å². The Kier molecular flexibility index (Phi) is 10.9. The molecule has 0 aliphatic carbocycles. The standard InChI is InChI=1S/C9H10N.3C4H9.Sn/c1-8-5-3-4-6-9(8)7-10-2;3*1-3-4-2;/h3-7H,1H2,2H3;3*1,3-4H2,2H3;. The zero-order chi connectivity index (χ0) is 17.0. The molecule has 0 aliphatic heterocycles. The first-order valence-electron chi connectivity index (χ1n) is 9.71. The van der Waals surface area contributed by atoms with Gasteiger partial charge in [0.15, 0.2) is 0 Å². The van der Waals surface area contributed by atoms with Crippen molar-refractivity contribution in [1.82, 2.24) is 0 Å². The van der Waals surface area contributed by atoms with Crippen LogP contribution in [0.1, 0.15) is 70.4 Å². The summed E-state index contributed by atoms with van der Waals surface area (Å²) < 4.78 is 6.19. The minimum atomic E-state index is -2.10. The molecule has 130 valence electrons. The summed E-state index contributed by atoms with van der Waals surface area (Å²) in [5.74, 6) is 0. The average molecular weight is 422 g/mol. The third kappa shape index (κ3) is 7.41. The van der Waals surface area contributed by atoms with Crippen LogP contribution < -0.4 is 0 Å². The Hall–Kier alpha value is -0.311. The molecule has 0 aromatic heterocycles. The van der Waals surface area contributed by atoms with Crippen molar-refractivity contribution in [3.05, 3.63) is 35.4 Å². The normalized spacial score (nSPS) is 12.2. The SMILES string of the molecule is CCC[CH2][Sn]([CH2]CCC)([CH2]CCC)[CH2]c1ccccc1C=NC. The van der Waals surface area contributed by atoms with Gasteiger partial charge in [-0.1, -0.05) is 0 Å². The minimum absolute atomic E-state index is 1.36.